The molecule has 2 bridgehead atoms. The molecule has 0 atom stereocenters. The average molecular weight is 314 g/mol. The molecule has 3 fully saturated rings. The molecule has 124 valence electrons. The van der Waals surface area contributed by atoms with Crippen LogP contribution in [0.5, 0.6) is 0 Å². The summed E-state index contributed by atoms with van der Waals surface area (Å²) in [6.45, 7) is 7.09. The first-order valence-electron chi connectivity index (χ1n) is 8.94. The third-order valence-electron chi connectivity index (χ3n) is 6.37. The van der Waals surface area contributed by atoms with Crippen molar-refractivity contribution in [3.63, 3.8) is 0 Å². The molecule has 2 heterocycles. The molecule has 5 nitrogen and oxygen atoms in total. The van der Waals surface area contributed by atoms with Crippen molar-refractivity contribution in [3.8, 4) is 0 Å². The summed E-state index contributed by atoms with van der Waals surface area (Å²) in [6.07, 6.45) is 8.44. The molecule has 1 N–H and O–H groups in total. The van der Waals surface area contributed by atoms with Gasteiger partial charge in [0.2, 0.25) is 0 Å². The van der Waals surface area contributed by atoms with E-state index in [1.807, 2.05) is 6.92 Å². The van der Waals surface area contributed by atoms with E-state index in [-0.39, 0.29) is 11.1 Å². The number of H-pyrrole nitrogens is 1. The minimum Gasteiger partial charge on any atom is -0.339 e. The second-order valence-electron chi connectivity index (χ2n) is 8.01. The van der Waals surface area contributed by atoms with Gasteiger partial charge in [0.1, 0.15) is 11.3 Å². The molecule has 0 saturated heterocycles. The lowest BCUT2D eigenvalue weighted by molar-refractivity contribution is 0.0513. The maximum atomic E-state index is 12.2. The number of fused-ring (bicyclic) bond motifs is 4. The molecule has 0 radical (unpaired) electrons. The van der Waals surface area contributed by atoms with E-state index in [9.17, 15) is 4.79 Å². The van der Waals surface area contributed by atoms with Crippen LogP contribution in [0.25, 0.3) is 11.2 Å². The lowest BCUT2D eigenvalue weighted by Crippen LogP contribution is -2.43. The fourth-order valence-electron chi connectivity index (χ4n) is 4.57. The molecule has 0 aromatic carbocycles. The number of imidazole rings is 1. The monoisotopic (exact) mass is 314 g/mol. The van der Waals surface area contributed by atoms with Crippen molar-refractivity contribution in [3.05, 3.63) is 22.0 Å². The number of aromatic nitrogens is 4. The van der Waals surface area contributed by atoms with Gasteiger partial charge < -0.3 is 4.98 Å². The highest BCUT2D eigenvalue weighted by atomic mass is 16.1. The lowest BCUT2D eigenvalue weighted by atomic mass is 9.54. The van der Waals surface area contributed by atoms with Crippen LogP contribution < -0.4 is 5.69 Å². The van der Waals surface area contributed by atoms with E-state index in [2.05, 4.69) is 23.8 Å². The summed E-state index contributed by atoms with van der Waals surface area (Å²) in [4.78, 5) is 24.9. The lowest BCUT2D eigenvalue weighted by Gasteiger charge is -2.51. The first-order valence-corrected chi connectivity index (χ1v) is 8.94. The minimum absolute atomic E-state index is 0.174. The van der Waals surface area contributed by atoms with Crippen LogP contribution in [0.1, 0.15) is 70.3 Å². The van der Waals surface area contributed by atoms with Crippen LogP contribution in [0.15, 0.2) is 4.79 Å². The molecule has 0 unspecified atom stereocenters. The molecule has 0 spiro atoms. The summed E-state index contributed by atoms with van der Waals surface area (Å²) in [5, 5.41) is 0. The second-order valence-corrected chi connectivity index (χ2v) is 8.01. The molecule has 3 aliphatic rings. The largest absolute Gasteiger partial charge is 0.349 e. The summed E-state index contributed by atoms with van der Waals surface area (Å²) in [5.41, 5.74) is 3.08. The topological polar surface area (TPSA) is 63.6 Å². The van der Waals surface area contributed by atoms with Gasteiger partial charge in [-0.05, 0) is 57.3 Å². The molecule has 2 aromatic rings. The maximum Gasteiger partial charge on any atom is 0.349 e. The van der Waals surface area contributed by atoms with Crippen molar-refractivity contribution < 1.29 is 0 Å². The molecule has 0 amide bonds. The molecule has 23 heavy (non-hydrogen) atoms. The Hall–Kier alpha value is -1.65. The Kier molecular flexibility index (Phi) is 3.19. The zero-order chi connectivity index (χ0) is 16.2. The molecule has 2 aromatic heterocycles. The number of hydrogen-bond acceptors (Lipinski definition) is 3. The van der Waals surface area contributed by atoms with E-state index in [0.29, 0.717) is 12.0 Å². The summed E-state index contributed by atoms with van der Waals surface area (Å²) < 4.78 is 1.73. The Morgan fingerprint density at radius 3 is 2.39 bits per heavy atom. The van der Waals surface area contributed by atoms with Gasteiger partial charge in [-0.2, -0.15) is 4.98 Å². The molecule has 5 heteroatoms. The van der Waals surface area contributed by atoms with Crippen LogP contribution >= 0.6 is 0 Å². The number of hydrogen-bond donors (Lipinski definition) is 1. The van der Waals surface area contributed by atoms with Crippen LogP contribution in [-0.2, 0) is 12.0 Å². The van der Waals surface area contributed by atoms with Gasteiger partial charge in [0.05, 0.1) is 5.69 Å². The van der Waals surface area contributed by atoms with Crippen molar-refractivity contribution in [2.24, 2.45) is 5.41 Å². The number of aryl methyl sites for hydroxylation is 2. The minimum atomic E-state index is -0.174. The fraction of sp³-hybridized carbons (Fsp3) is 0.722. The highest BCUT2D eigenvalue weighted by molar-refractivity contribution is 5.73. The normalized spacial score (nSPS) is 30.2. The predicted octanol–water partition coefficient (Wildman–Crippen LogP) is 3.45. The third-order valence-corrected chi connectivity index (χ3v) is 6.37. The highest BCUT2D eigenvalue weighted by Crippen LogP contribution is 2.56. The molecule has 0 aliphatic heterocycles. The van der Waals surface area contributed by atoms with Crippen molar-refractivity contribution >= 4 is 11.2 Å². The van der Waals surface area contributed by atoms with Crippen LogP contribution in [0.4, 0.5) is 0 Å². The Bertz CT molecular complexity index is 792. The molecular formula is C18H26N4O. The van der Waals surface area contributed by atoms with Gasteiger partial charge in [-0.1, -0.05) is 13.8 Å². The van der Waals surface area contributed by atoms with Gasteiger partial charge in [-0.25, -0.2) is 9.78 Å². The second kappa shape index (κ2) is 4.92. The van der Waals surface area contributed by atoms with Crippen molar-refractivity contribution in [2.45, 2.75) is 77.7 Å². The predicted molar refractivity (Wildman–Crippen MR) is 90.7 cm³/mol. The Balaban J connectivity index is 1.85. The van der Waals surface area contributed by atoms with Crippen molar-refractivity contribution in [2.75, 3.05) is 0 Å². The van der Waals surface area contributed by atoms with Gasteiger partial charge in [0.25, 0.3) is 0 Å². The van der Waals surface area contributed by atoms with Crippen molar-refractivity contribution in [1.29, 1.82) is 0 Å². The van der Waals surface area contributed by atoms with Gasteiger partial charge >= 0.3 is 5.69 Å². The molecule has 3 aliphatic carbocycles. The first kappa shape index (κ1) is 14.9. The van der Waals surface area contributed by atoms with Gasteiger partial charge in [0, 0.05) is 12.0 Å². The number of nitrogens with one attached hydrogen (secondary N) is 1. The van der Waals surface area contributed by atoms with Crippen LogP contribution in [0.3, 0.4) is 0 Å². The summed E-state index contributed by atoms with van der Waals surface area (Å²) in [6, 6.07) is 0. The smallest absolute Gasteiger partial charge is 0.339 e. The maximum absolute atomic E-state index is 12.2. The van der Waals surface area contributed by atoms with E-state index in [4.69, 9.17) is 4.98 Å². The number of nitrogens with zero attached hydrogens (tertiary/aromatic N) is 3. The quantitative estimate of drug-likeness (QED) is 0.943. The van der Waals surface area contributed by atoms with Crippen LogP contribution in [-0.4, -0.2) is 19.5 Å². The Labute approximate surface area is 136 Å². The molecule has 3 saturated carbocycles. The van der Waals surface area contributed by atoms with Gasteiger partial charge in [-0.15, -0.1) is 0 Å². The van der Waals surface area contributed by atoms with Gasteiger partial charge in [0.15, 0.2) is 5.65 Å². The Morgan fingerprint density at radius 1 is 1.13 bits per heavy atom. The standard InChI is InChI=1S/C18H26N4O/c1-4-11-22-14-13(12(2)19-16(22)23)20-15(21-14)18-8-5-17(3,6-9-18)7-10-18/h4-11H2,1-3H3,(H,20,21). The van der Waals surface area contributed by atoms with E-state index in [1.54, 1.807) is 4.57 Å². The fourth-order valence-corrected chi connectivity index (χ4v) is 4.57. The van der Waals surface area contributed by atoms with E-state index in [0.717, 1.165) is 29.1 Å². The first-order chi connectivity index (χ1) is 11.0. The van der Waals surface area contributed by atoms with Crippen molar-refractivity contribution in [1.82, 2.24) is 19.5 Å². The third kappa shape index (κ3) is 2.16. The van der Waals surface area contributed by atoms with E-state index in [1.165, 1.54) is 38.5 Å². The van der Waals surface area contributed by atoms with E-state index >= 15 is 0 Å². The summed E-state index contributed by atoms with van der Waals surface area (Å²) in [7, 11) is 0. The summed E-state index contributed by atoms with van der Waals surface area (Å²) >= 11 is 0. The molecule has 5 rings (SSSR count). The van der Waals surface area contributed by atoms with Gasteiger partial charge in [-0.3, -0.25) is 4.57 Å². The SMILES string of the molecule is CCCn1c(=O)nc(C)c2[nH]c(C34CCC(C)(CC3)CC4)nc21. The summed E-state index contributed by atoms with van der Waals surface area (Å²) in [5.74, 6) is 1.09. The zero-order valence-corrected chi connectivity index (χ0v) is 14.4. The number of aromatic amines is 1. The zero-order valence-electron chi connectivity index (χ0n) is 14.4. The Morgan fingerprint density at radius 2 is 1.78 bits per heavy atom. The van der Waals surface area contributed by atoms with Crippen LogP contribution in [0.2, 0.25) is 0 Å². The average Bonchev–Trinajstić information content (AvgIpc) is 2.99. The van der Waals surface area contributed by atoms with E-state index < -0.39 is 0 Å². The highest BCUT2D eigenvalue weighted by Gasteiger charge is 2.48. The van der Waals surface area contributed by atoms with Crippen LogP contribution in [0, 0.1) is 12.3 Å². The molecular weight excluding hydrogens is 288 g/mol. The number of rotatable bonds is 3.